The summed E-state index contributed by atoms with van der Waals surface area (Å²) in [5.41, 5.74) is 4.28. The summed E-state index contributed by atoms with van der Waals surface area (Å²) in [6.45, 7) is 6.70. The molecule has 3 N–H and O–H groups in total. The van der Waals surface area contributed by atoms with Crippen molar-refractivity contribution < 1.29 is 0 Å². The molecule has 0 spiro atoms. The first-order chi connectivity index (χ1) is 8.48. The number of aromatic nitrogens is 1. The maximum Gasteiger partial charge on any atom is 0.0954 e. The van der Waals surface area contributed by atoms with Crippen LogP contribution in [0.1, 0.15) is 32.2 Å². The molecule has 1 unspecified atom stereocenters. The second-order valence-corrected chi connectivity index (χ2v) is 7.02. The Balaban J connectivity index is 2.11. The van der Waals surface area contributed by atoms with Gasteiger partial charge in [0.15, 0.2) is 0 Å². The van der Waals surface area contributed by atoms with E-state index in [9.17, 15) is 0 Å². The summed E-state index contributed by atoms with van der Waals surface area (Å²) < 4.78 is 1.25. The number of para-hydroxylation sites is 1. The minimum absolute atomic E-state index is 0.272. The van der Waals surface area contributed by atoms with Crippen molar-refractivity contribution in [3.63, 3.8) is 0 Å². The molecule has 0 amide bonds. The van der Waals surface area contributed by atoms with Gasteiger partial charge in [0.1, 0.15) is 0 Å². The van der Waals surface area contributed by atoms with Crippen LogP contribution >= 0.6 is 11.3 Å². The fourth-order valence-electron chi connectivity index (χ4n) is 2.15. The number of hydrogen-bond acceptors (Lipinski definition) is 4. The number of fused-ring (bicyclic) bond motifs is 1. The molecular weight excluding hydrogens is 242 g/mol. The number of nitrogens with zero attached hydrogens (tertiary/aromatic N) is 1. The molecule has 0 saturated heterocycles. The van der Waals surface area contributed by atoms with Crippen molar-refractivity contribution in [3.8, 4) is 0 Å². The smallest absolute Gasteiger partial charge is 0.0954 e. The molecule has 0 aliphatic carbocycles. The molecule has 2 rings (SSSR count). The van der Waals surface area contributed by atoms with E-state index in [1.165, 1.54) is 4.70 Å². The van der Waals surface area contributed by atoms with Gasteiger partial charge in [-0.15, -0.1) is 11.3 Å². The Morgan fingerprint density at radius 3 is 2.67 bits per heavy atom. The molecule has 0 radical (unpaired) electrons. The summed E-state index contributed by atoms with van der Waals surface area (Å²) in [6, 6.07) is 8.54. The molecule has 1 aromatic heterocycles. The molecule has 1 atom stereocenters. The van der Waals surface area contributed by atoms with Crippen LogP contribution in [0.3, 0.4) is 0 Å². The number of hydrogen-bond donors (Lipinski definition) is 2. The van der Waals surface area contributed by atoms with E-state index >= 15 is 0 Å². The predicted molar refractivity (Wildman–Crippen MR) is 78.5 cm³/mol. The monoisotopic (exact) mass is 263 g/mol. The fraction of sp³-hybridized carbons (Fsp3) is 0.500. The number of nitrogens with two attached hydrogens (primary N) is 1. The van der Waals surface area contributed by atoms with Crippen molar-refractivity contribution in [1.29, 1.82) is 0 Å². The molecular formula is C14H21N3S. The highest BCUT2D eigenvalue weighted by Gasteiger charge is 2.19. The van der Waals surface area contributed by atoms with Crippen LogP contribution in [0.2, 0.25) is 0 Å². The second kappa shape index (κ2) is 5.34. The normalized spacial score (nSPS) is 14.0. The highest BCUT2D eigenvalue weighted by atomic mass is 32.1. The lowest BCUT2D eigenvalue weighted by atomic mass is 9.87. The van der Waals surface area contributed by atoms with Gasteiger partial charge in [0.25, 0.3) is 0 Å². The van der Waals surface area contributed by atoms with E-state index in [0.29, 0.717) is 0 Å². The summed E-state index contributed by atoms with van der Waals surface area (Å²) in [7, 11) is 0. The first-order valence-corrected chi connectivity index (χ1v) is 7.10. The zero-order chi connectivity index (χ0) is 13.2. The lowest BCUT2D eigenvalue weighted by Gasteiger charge is -2.24. The Hall–Kier alpha value is -0.970. The second-order valence-electron chi connectivity index (χ2n) is 5.91. The van der Waals surface area contributed by atoms with Gasteiger partial charge in [0, 0.05) is 12.5 Å². The quantitative estimate of drug-likeness (QED) is 0.658. The van der Waals surface area contributed by atoms with Gasteiger partial charge in [-0.25, -0.2) is 4.98 Å². The van der Waals surface area contributed by atoms with Crippen LogP contribution in [0.4, 0.5) is 0 Å². The molecule has 0 aliphatic heterocycles. The fourth-order valence-corrected chi connectivity index (χ4v) is 3.19. The third kappa shape index (κ3) is 3.51. The third-order valence-corrected chi connectivity index (χ3v) is 3.91. The highest BCUT2D eigenvalue weighted by molar-refractivity contribution is 7.18. The van der Waals surface area contributed by atoms with Crippen LogP contribution in [0.25, 0.3) is 10.2 Å². The molecule has 0 saturated carbocycles. The number of hydrazine groups is 1. The van der Waals surface area contributed by atoms with Gasteiger partial charge in [-0.1, -0.05) is 32.9 Å². The highest BCUT2D eigenvalue weighted by Crippen LogP contribution is 2.26. The summed E-state index contributed by atoms with van der Waals surface area (Å²) in [4.78, 5) is 4.65. The van der Waals surface area contributed by atoms with Crippen molar-refractivity contribution in [1.82, 2.24) is 10.4 Å². The molecule has 1 aromatic carbocycles. The maximum atomic E-state index is 5.65. The number of nitrogens with one attached hydrogen (secondary N) is 1. The Morgan fingerprint density at radius 2 is 2.06 bits per heavy atom. The topological polar surface area (TPSA) is 50.9 Å². The SMILES string of the molecule is CC(C)(C)CC(Cc1nc2ccccc2s1)NN. The Morgan fingerprint density at radius 1 is 1.33 bits per heavy atom. The average molecular weight is 263 g/mol. The van der Waals surface area contributed by atoms with E-state index < -0.39 is 0 Å². The summed E-state index contributed by atoms with van der Waals surface area (Å²) >= 11 is 1.76. The minimum atomic E-state index is 0.272. The Kier molecular flexibility index (Phi) is 4.00. The maximum absolute atomic E-state index is 5.65. The van der Waals surface area contributed by atoms with E-state index in [2.05, 4.69) is 49.4 Å². The van der Waals surface area contributed by atoms with E-state index in [1.807, 2.05) is 6.07 Å². The standard InChI is InChI=1S/C14H21N3S/c1-14(2,3)9-10(17-15)8-13-16-11-6-4-5-7-12(11)18-13/h4-7,10,17H,8-9,15H2,1-3H3. The van der Waals surface area contributed by atoms with Crippen LogP contribution < -0.4 is 11.3 Å². The average Bonchev–Trinajstić information content (AvgIpc) is 2.68. The van der Waals surface area contributed by atoms with Gasteiger partial charge in [0.2, 0.25) is 0 Å². The van der Waals surface area contributed by atoms with Gasteiger partial charge >= 0.3 is 0 Å². The first-order valence-electron chi connectivity index (χ1n) is 6.28. The number of benzene rings is 1. The molecule has 2 aromatic rings. The summed E-state index contributed by atoms with van der Waals surface area (Å²) in [5.74, 6) is 5.65. The lowest BCUT2D eigenvalue weighted by Crippen LogP contribution is -2.39. The van der Waals surface area contributed by atoms with Crippen molar-refractivity contribution in [2.45, 2.75) is 39.7 Å². The van der Waals surface area contributed by atoms with Gasteiger partial charge in [-0.05, 0) is 24.0 Å². The molecule has 4 heteroatoms. The number of rotatable bonds is 4. The van der Waals surface area contributed by atoms with E-state index in [-0.39, 0.29) is 11.5 Å². The van der Waals surface area contributed by atoms with Gasteiger partial charge in [-0.2, -0.15) is 0 Å². The van der Waals surface area contributed by atoms with Crippen LogP contribution in [0.15, 0.2) is 24.3 Å². The van der Waals surface area contributed by atoms with Crippen molar-refractivity contribution >= 4 is 21.6 Å². The van der Waals surface area contributed by atoms with Crippen LogP contribution in [-0.4, -0.2) is 11.0 Å². The molecule has 3 nitrogen and oxygen atoms in total. The van der Waals surface area contributed by atoms with Crippen molar-refractivity contribution in [2.24, 2.45) is 11.3 Å². The minimum Gasteiger partial charge on any atom is -0.271 e. The van der Waals surface area contributed by atoms with E-state index in [1.54, 1.807) is 11.3 Å². The molecule has 18 heavy (non-hydrogen) atoms. The van der Waals surface area contributed by atoms with Gasteiger partial charge in [-0.3, -0.25) is 11.3 Å². The predicted octanol–water partition coefficient (Wildman–Crippen LogP) is 3.11. The Bertz CT molecular complexity index is 480. The molecule has 1 heterocycles. The van der Waals surface area contributed by atoms with Crippen LogP contribution in [-0.2, 0) is 6.42 Å². The van der Waals surface area contributed by atoms with Crippen molar-refractivity contribution in [2.75, 3.05) is 0 Å². The number of thiazole rings is 1. The zero-order valence-electron chi connectivity index (χ0n) is 11.2. The van der Waals surface area contributed by atoms with Gasteiger partial charge < -0.3 is 0 Å². The molecule has 0 aliphatic rings. The summed E-state index contributed by atoms with van der Waals surface area (Å²) in [6.07, 6.45) is 1.94. The molecule has 0 bridgehead atoms. The van der Waals surface area contributed by atoms with Crippen molar-refractivity contribution in [3.05, 3.63) is 29.3 Å². The Labute approximate surface area is 112 Å². The van der Waals surface area contributed by atoms with E-state index in [4.69, 9.17) is 5.84 Å². The van der Waals surface area contributed by atoms with Crippen LogP contribution in [0, 0.1) is 5.41 Å². The third-order valence-electron chi connectivity index (χ3n) is 2.85. The summed E-state index contributed by atoms with van der Waals surface area (Å²) in [5, 5.41) is 1.16. The molecule has 0 fully saturated rings. The van der Waals surface area contributed by atoms with Gasteiger partial charge in [0.05, 0.1) is 15.2 Å². The zero-order valence-corrected chi connectivity index (χ0v) is 12.1. The molecule has 98 valence electrons. The van der Waals surface area contributed by atoms with Crippen LogP contribution in [0.5, 0.6) is 0 Å². The largest absolute Gasteiger partial charge is 0.271 e. The lowest BCUT2D eigenvalue weighted by molar-refractivity contribution is 0.308. The first kappa shape index (κ1) is 13.5. The van der Waals surface area contributed by atoms with E-state index in [0.717, 1.165) is 23.4 Å².